The molecule has 2 N–H and O–H groups in total. The Bertz CT molecular complexity index is 273. The van der Waals surface area contributed by atoms with Crippen molar-refractivity contribution in [2.45, 2.75) is 13.3 Å². The Morgan fingerprint density at radius 2 is 2.18 bits per heavy atom. The number of pyridine rings is 1. The van der Waals surface area contributed by atoms with E-state index in [4.69, 9.17) is 5.73 Å². The highest BCUT2D eigenvalue weighted by atomic mass is 127. The van der Waals surface area contributed by atoms with E-state index in [0.29, 0.717) is 0 Å². The van der Waals surface area contributed by atoms with Gasteiger partial charge >= 0.3 is 0 Å². The summed E-state index contributed by atoms with van der Waals surface area (Å²) in [5, 5.41) is 0. The summed E-state index contributed by atoms with van der Waals surface area (Å²) in [4.78, 5) is 4.26. The van der Waals surface area contributed by atoms with Crippen LogP contribution in [0.1, 0.15) is 12.6 Å². The molecule has 0 atom stereocenters. The van der Waals surface area contributed by atoms with Crippen LogP contribution >= 0.6 is 45.2 Å². The highest BCUT2D eigenvalue weighted by Gasteiger charge is 2.05. The third kappa shape index (κ3) is 1.95. The van der Waals surface area contributed by atoms with Gasteiger partial charge in [0.05, 0.1) is 18.5 Å². The van der Waals surface area contributed by atoms with Crippen molar-refractivity contribution in [2.75, 3.05) is 5.73 Å². The molecule has 1 heterocycles. The normalized spacial score (nSPS) is 10.1. The van der Waals surface area contributed by atoms with Gasteiger partial charge in [0.25, 0.3) is 0 Å². The summed E-state index contributed by atoms with van der Waals surface area (Å²) in [6, 6.07) is 0. The summed E-state index contributed by atoms with van der Waals surface area (Å²) < 4.78 is 2.13. The topological polar surface area (TPSA) is 38.9 Å². The number of nitrogens with zero attached hydrogens (tertiary/aromatic N) is 1. The van der Waals surface area contributed by atoms with Crippen molar-refractivity contribution in [3.63, 3.8) is 0 Å². The first-order valence-electron chi connectivity index (χ1n) is 3.25. The van der Waals surface area contributed by atoms with Crippen molar-refractivity contribution in [1.82, 2.24) is 4.98 Å². The van der Waals surface area contributed by atoms with Gasteiger partial charge in [-0.2, -0.15) is 0 Å². The summed E-state index contributed by atoms with van der Waals surface area (Å²) in [7, 11) is 0. The Morgan fingerprint density at radius 1 is 1.55 bits per heavy atom. The second-order valence-corrected chi connectivity index (χ2v) is 4.37. The quantitative estimate of drug-likeness (QED) is 0.768. The van der Waals surface area contributed by atoms with Crippen molar-refractivity contribution in [3.05, 3.63) is 19.0 Å². The average Bonchev–Trinajstić information content (AvgIpc) is 2.01. The number of halogens is 2. The van der Waals surface area contributed by atoms with Gasteiger partial charge in [-0.05, 0) is 51.6 Å². The molecule has 0 unspecified atom stereocenters. The Morgan fingerprint density at radius 3 is 2.73 bits per heavy atom. The van der Waals surface area contributed by atoms with E-state index in [-0.39, 0.29) is 0 Å². The Labute approximate surface area is 93.2 Å². The molecular formula is C7H8I2N2. The maximum atomic E-state index is 5.80. The molecule has 1 aromatic heterocycles. The largest absolute Gasteiger partial charge is 0.397 e. The number of anilines is 1. The lowest BCUT2D eigenvalue weighted by atomic mass is 10.3. The van der Waals surface area contributed by atoms with Crippen LogP contribution in [0.25, 0.3) is 0 Å². The number of hydrogen-bond acceptors (Lipinski definition) is 2. The van der Waals surface area contributed by atoms with Gasteiger partial charge in [-0.15, -0.1) is 0 Å². The van der Waals surface area contributed by atoms with Crippen molar-refractivity contribution in [2.24, 2.45) is 0 Å². The molecule has 0 aliphatic rings. The average molecular weight is 374 g/mol. The molecular weight excluding hydrogens is 366 g/mol. The van der Waals surface area contributed by atoms with Crippen LogP contribution in [-0.2, 0) is 6.42 Å². The van der Waals surface area contributed by atoms with E-state index in [9.17, 15) is 0 Å². The molecule has 0 saturated carbocycles. The highest BCUT2D eigenvalue weighted by Crippen LogP contribution is 2.23. The number of aromatic nitrogens is 1. The molecule has 11 heavy (non-hydrogen) atoms. The predicted molar refractivity (Wildman–Crippen MR) is 63.5 cm³/mol. The molecule has 0 aromatic carbocycles. The number of nitrogens with two attached hydrogens (primary N) is 1. The first-order chi connectivity index (χ1) is 5.16. The number of nitrogen functional groups attached to an aromatic ring is 1. The van der Waals surface area contributed by atoms with Gasteiger partial charge in [0.2, 0.25) is 0 Å². The molecule has 4 heteroatoms. The van der Waals surface area contributed by atoms with Gasteiger partial charge in [0.1, 0.15) is 0 Å². The van der Waals surface area contributed by atoms with Gasteiger partial charge in [0.15, 0.2) is 0 Å². The monoisotopic (exact) mass is 374 g/mol. The molecule has 0 aliphatic carbocycles. The van der Waals surface area contributed by atoms with Gasteiger partial charge in [-0.25, -0.2) is 0 Å². The maximum Gasteiger partial charge on any atom is 0.0619 e. The second-order valence-electron chi connectivity index (χ2n) is 2.13. The fourth-order valence-corrected chi connectivity index (χ4v) is 2.50. The Balaban J connectivity index is 3.25. The van der Waals surface area contributed by atoms with E-state index in [1.165, 1.54) is 0 Å². The standard InChI is InChI=1S/C7H8I2N2/c1-2-5-6(9)7(10)4(8)3-11-5/h3H,2H2,1H3,(H2,10,11). The minimum Gasteiger partial charge on any atom is -0.397 e. The van der Waals surface area contributed by atoms with Gasteiger partial charge in [-0.3, -0.25) is 4.98 Å². The van der Waals surface area contributed by atoms with Crippen LogP contribution in [0.4, 0.5) is 5.69 Å². The molecule has 0 bridgehead atoms. The van der Waals surface area contributed by atoms with E-state index in [0.717, 1.165) is 24.9 Å². The molecule has 1 rings (SSSR count). The molecule has 0 amide bonds. The van der Waals surface area contributed by atoms with Crippen LogP contribution < -0.4 is 5.73 Å². The third-order valence-corrected chi connectivity index (χ3v) is 3.48. The molecule has 1 aromatic rings. The minimum absolute atomic E-state index is 0.859. The van der Waals surface area contributed by atoms with E-state index in [1.54, 1.807) is 0 Å². The van der Waals surface area contributed by atoms with E-state index in [1.807, 2.05) is 6.20 Å². The first kappa shape index (κ1) is 9.50. The number of hydrogen-bond donors (Lipinski definition) is 1. The van der Waals surface area contributed by atoms with E-state index in [2.05, 4.69) is 57.1 Å². The summed E-state index contributed by atoms with van der Waals surface area (Å²) in [6.07, 6.45) is 2.76. The van der Waals surface area contributed by atoms with Gasteiger partial charge in [0, 0.05) is 6.20 Å². The maximum absolute atomic E-state index is 5.80. The lowest BCUT2D eigenvalue weighted by Crippen LogP contribution is -2.00. The summed E-state index contributed by atoms with van der Waals surface area (Å²) in [5.41, 5.74) is 7.75. The zero-order chi connectivity index (χ0) is 8.43. The fraction of sp³-hybridized carbons (Fsp3) is 0.286. The number of aryl methyl sites for hydroxylation is 1. The molecule has 0 spiro atoms. The predicted octanol–water partition coefficient (Wildman–Crippen LogP) is 2.44. The number of rotatable bonds is 1. The van der Waals surface area contributed by atoms with Crippen molar-refractivity contribution in [1.29, 1.82) is 0 Å². The minimum atomic E-state index is 0.859. The highest BCUT2D eigenvalue weighted by molar-refractivity contribution is 14.1. The van der Waals surface area contributed by atoms with Crippen LogP contribution in [0.2, 0.25) is 0 Å². The smallest absolute Gasteiger partial charge is 0.0619 e. The summed E-state index contributed by atoms with van der Waals surface area (Å²) in [5.74, 6) is 0. The van der Waals surface area contributed by atoms with E-state index >= 15 is 0 Å². The SMILES string of the molecule is CCc1ncc(I)c(N)c1I. The molecule has 0 fully saturated rings. The van der Waals surface area contributed by atoms with Crippen LogP contribution in [0, 0.1) is 7.14 Å². The van der Waals surface area contributed by atoms with Crippen LogP contribution in [-0.4, -0.2) is 4.98 Å². The fourth-order valence-electron chi connectivity index (χ4n) is 0.768. The lowest BCUT2D eigenvalue weighted by molar-refractivity contribution is 1.02. The van der Waals surface area contributed by atoms with Crippen molar-refractivity contribution in [3.8, 4) is 0 Å². The zero-order valence-corrected chi connectivity index (χ0v) is 10.4. The summed E-state index contributed by atoms with van der Waals surface area (Å²) in [6.45, 7) is 2.08. The van der Waals surface area contributed by atoms with Crippen molar-refractivity contribution < 1.29 is 0 Å². The zero-order valence-electron chi connectivity index (χ0n) is 6.06. The molecule has 0 aliphatic heterocycles. The van der Waals surface area contributed by atoms with Crippen molar-refractivity contribution >= 4 is 50.9 Å². The molecule has 2 nitrogen and oxygen atoms in total. The Hall–Kier alpha value is 0.410. The van der Waals surface area contributed by atoms with Crippen LogP contribution in [0.5, 0.6) is 0 Å². The third-order valence-electron chi connectivity index (χ3n) is 1.42. The van der Waals surface area contributed by atoms with Gasteiger partial charge in [-0.1, -0.05) is 6.92 Å². The molecule has 0 saturated heterocycles. The van der Waals surface area contributed by atoms with E-state index < -0.39 is 0 Å². The second kappa shape index (κ2) is 3.88. The van der Waals surface area contributed by atoms with Gasteiger partial charge < -0.3 is 5.73 Å². The molecule has 60 valence electrons. The Kier molecular flexibility index (Phi) is 3.35. The molecule has 0 radical (unpaired) electrons. The lowest BCUT2D eigenvalue weighted by Gasteiger charge is -2.04. The van der Waals surface area contributed by atoms with Crippen LogP contribution in [0.3, 0.4) is 0 Å². The first-order valence-corrected chi connectivity index (χ1v) is 5.41. The van der Waals surface area contributed by atoms with Crippen LogP contribution in [0.15, 0.2) is 6.20 Å². The summed E-state index contributed by atoms with van der Waals surface area (Å²) >= 11 is 4.43.